The van der Waals surface area contributed by atoms with Crippen LogP contribution in [-0.2, 0) is 4.79 Å². The standard InChI is InChI=1S/C18H23N5O2/c1-12(2)21-17(24)16-10-14(19)11-22(16)18(25)13-5-3-6-15(9-13)23-8-4-7-20-23/h3-9,12,14,16H,10-11,19H2,1-2H3,(H,21,24)/t14-,16-/m0/s1. The zero-order valence-corrected chi connectivity index (χ0v) is 14.4. The number of hydrogen-bond acceptors (Lipinski definition) is 4. The van der Waals surface area contributed by atoms with E-state index >= 15 is 0 Å². The van der Waals surface area contributed by atoms with Gasteiger partial charge in [-0.25, -0.2) is 4.68 Å². The molecule has 132 valence electrons. The lowest BCUT2D eigenvalue weighted by Crippen LogP contribution is -2.47. The fourth-order valence-electron chi connectivity index (χ4n) is 3.09. The summed E-state index contributed by atoms with van der Waals surface area (Å²) in [5, 5.41) is 7.05. The van der Waals surface area contributed by atoms with E-state index in [1.165, 1.54) is 0 Å². The molecular formula is C18H23N5O2. The van der Waals surface area contributed by atoms with Crippen molar-refractivity contribution in [2.75, 3.05) is 6.54 Å². The molecule has 3 N–H and O–H groups in total. The van der Waals surface area contributed by atoms with Gasteiger partial charge in [-0.15, -0.1) is 0 Å². The second-order valence-corrected chi connectivity index (χ2v) is 6.63. The quantitative estimate of drug-likeness (QED) is 0.865. The van der Waals surface area contributed by atoms with Crippen LogP contribution in [0.2, 0.25) is 0 Å². The van der Waals surface area contributed by atoms with Gasteiger partial charge < -0.3 is 16.0 Å². The molecule has 1 saturated heterocycles. The van der Waals surface area contributed by atoms with E-state index in [2.05, 4.69) is 10.4 Å². The van der Waals surface area contributed by atoms with Gasteiger partial charge in [-0.2, -0.15) is 5.10 Å². The van der Waals surface area contributed by atoms with E-state index < -0.39 is 6.04 Å². The maximum atomic E-state index is 13.0. The van der Waals surface area contributed by atoms with Gasteiger partial charge in [-0.1, -0.05) is 6.07 Å². The molecule has 0 saturated carbocycles. The Balaban J connectivity index is 1.84. The third-order valence-electron chi connectivity index (χ3n) is 4.19. The Morgan fingerprint density at radius 2 is 2.12 bits per heavy atom. The highest BCUT2D eigenvalue weighted by atomic mass is 16.2. The summed E-state index contributed by atoms with van der Waals surface area (Å²) in [4.78, 5) is 27.0. The van der Waals surface area contributed by atoms with E-state index in [0.717, 1.165) is 5.69 Å². The Morgan fingerprint density at radius 3 is 2.80 bits per heavy atom. The topological polar surface area (TPSA) is 93.3 Å². The monoisotopic (exact) mass is 341 g/mol. The predicted molar refractivity (Wildman–Crippen MR) is 94.3 cm³/mol. The molecule has 7 nitrogen and oxygen atoms in total. The van der Waals surface area contributed by atoms with Crippen molar-refractivity contribution >= 4 is 11.8 Å². The number of nitrogens with one attached hydrogen (secondary N) is 1. The van der Waals surface area contributed by atoms with E-state index in [4.69, 9.17) is 5.73 Å². The number of carbonyl (C=O) groups excluding carboxylic acids is 2. The molecule has 7 heteroatoms. The Kier molecular flexibility index (Phi) is 4.85. The highest BCUT2D eigenvalue weighted by Gasteiger charge is 2.38. The summed E-state index contributed by atoms with van der Waals surface area (Å²) in [7, 11) is 0. The Labute approximate surface area is 146 Å². The van der Waals surface area contributed by atoms with Gasteiger partial charge in [-0.05, 0) is 44.5 Å². The summed E-state index contributed by atoms with van der Waals surface area (Å²) in [5.74, 6) is -0.342. The number of likely N-dealkylation sites (tertiary alicyclic amines) is 1. The summed E-state index contributed by atoms with van der Waals surface area (Å²) in [5.41, 5.74) is 7.33. The maximum Gasteiger partial charge on any atom is 0.254 e. The lowest BCUT2D eigenvalue weighted by Gasteiger charge is -2.25. The van der Waals surface area contributed by atoms with Crippen molar-refractivity contribution in [1.82, 2.24) is 20.0 Å². The minimum absolute atomic E-state index is 0.0180. The van der Waals surface area contributed by atoms with Crippen molar-refractivity contribution in [3.8, 4) is 5.69 Å². The highest BCUT2D eigenvalue weighted by molar-refractivity contribution is 5.98. The second kappa shape index (κ2) is 7.06. The largest absolute Gasteiger partial charge is 0.352 e. The van der Waals surface area contributed by atoms with Crippen molar-refractivity contribution in [1.29, 1.82) is 0 Å². The van der Waals surface area contributed by atoms with Crippen molar-refractivity contribution in [2.24, 2.45) is 5.73 Å². The lowest BCUT2D eigenvalue weighted by atomic mass is 10.1. The molecular weight excluding hydrogens is 318 g/mol. The van der Waals surface area contributed by atoms with Crippen LogP contribution in [0.3, 0.4) is 0 Å². The normalized spacial score (nSPS) is 20.1. The average molecular weight is 341 g/mol. The van der Waals surface area contributed by atoms with Gasteiger partial charge in [0.25, 0.3) is 5.91 Å². The number of amides is 2. The molecule has 1 aliphatic heterocycles. The molecule has 1 aromatic carbocycles. The summed E-state index contributed by atoms with van der Waals surface area (Å²) >= 11 is 0. The van der Waals surface area contributed by atoms with E-state index in [1.54, 1.807) is 27.9 Å². The minimum Gasteiger partial charge on any atom is -0.352 e. The molecule has 0 aliphatic carbocycles. The molecule has 2 heterocycles. The van der Waals surface area contributed by atoms with Crippen LogP contribution in [0.1, 0.15) is 30.6 Å². The average Bonchev–Trinajstić information content (AvgIpc) is 3.23. The summed E-state index contributed by atoms with van der Waals surface area (Å²) < 4.78 is 1.69. The zero-order valence-electron chi connectivity index (χ0n) is 14.4. The predicted octanol–water partition coefficient (Wildman–Crippen LogP) is 0.939. The van der Waals surface area contributed by atoms with Gasteiger partial charge >= 0.3 is 0 Å². The molecule has 1 aromatic heterocycles. The Hall–Kier alpha value is -2.67. The van der Waals surface area contributed by atoms with E-state index in [9.17, 15) is 9.59 Å². The van der Waals surface area contributed by atoms with Crippen molar-refractivity contribution < 1.29 is 9.59 Å². The van der Waals surface area contributed by atoms with Crippen molar-refractivity contribution in [3.63, 3.8) is 0 Å². The summed E-state index contributed by atoms with van der Waals surface area (Å²) in [6.07, 6.45) is 3.97. The van der Waals surface area contributed by atoms with Crippen LogP contribution in [0, 0.1) is 0 Å². The van der Waals surface area contributed by atoms with Crippen molar-refractivity contribution in [2.45, 2.75) is 38.4 Å². The minimum atomic E-state index is -0.529. The summed E-state index contributed by atoms with van der Waals surface area (Å²) in [6.45, 7) is 4.17. The first kappa shape index (κ1) is 17.2. The fraction of sp³-hybridized carbons (Fsp3) is 0.389. The van der Waals surface area contributed by atoms with Gasteiger partial charge in [0.15, 0.2) is 0 Å². The maximum absolute atomic E-state index is 13.0. The molecule has 3 rings (SSSR count). The number of nitrogens with two attached hydrogens (primary N) is 1. The SMILES string of the molecule is CC(C)NC(=O)[C@@H]1C[C@H](N)CN1C(=O)c1cccc(-n2cccn2)c1. The van der Waals surface area contributed by atoms with E-state index in [-0.39, 0.29) is 23.9 Å². The molecule has 2 amide bonds. The molecule has 25 heavy (non-hydrogen) atoms. The van der Waals surface area contributed by atoms with Crippen LogP contribution in [0.5, 0.6) is 0 Å². The molecule has 0 radical (unpaired) electrons. The summed E-state index contributed by atoms with van der Waals surface area (Å²) in [6, 6.07) is 8.32. The van der Waals surface area contributed by atoms with Crippen LogP contribution in [0.15, 0.2) is 42.7 Å². The smallest absolute Gasteiger partial charge is 0.254 e. The first-order valence-electron chi connectivity index (χ1n) is 8.42. The number of benzene rings is 1. The Bertz CT molecular complexity index is 757. The molecule has 0 bridgehead atoms. The number of aromatic nitrogens is 2. The van der Waals surface area contributed by atoms with Crippen molar-refractivity contribution in [3.05, 3.63) is 48.3 Å². The van der Waals surface area contributed by atoms with Gasteiger partial charge in [0.05, 0.1) is 5.69 Å². The van der Waals surface area contributed by atoms with Crippen LogP contribution in [0.25, 0.3) is 5.69 Å². The first-order chi connectivity index (χ1) is 12.0. The zero-order chi connectivity index (χ0) is 18.0. The van der Waals surface area contributed by atoms with E-state index in [0.29, 0.717) is 18.5 Å². The third-order valence-corrected chi connectivity index (χ3v) is 4.19. The molecule has 0 spiro atoms. The second-order valence-electron chi connectivity index (χ2n) is 6.63. The number of carbonyl (C=O) groups is 2. The fourth-order valence-corrected chi connectivity index (χ4v) is 3.09. The number of rotatable bonds is 4. The van der Waals surface area contributed by atoms with Crippen LogP contribution >= 0.6 is 0 Å². The third kappa shape index (κ3) is 3.71. The Morgan fingerprint density at radius 1 is 1.32 bits per heavy atom. The van der Waals surface area contributed by atoms with Gasteiger partial charge in [0.1, 0.15) is 6.04 Å². The molecule has 2 aromatic rings. The molecule has 1 aliphatic rings. The van der Waals surface area contributed by atoms with Crippen LogP contribution in [-0.4, -0.2) is 51.2 Å². The number of nitrogens with zero attached hydrogens (tertiary/aromatic N) is 3. The highest BCUT2D eigenvalue weighted by Crippen LogP contribution is 2.21. The van der Waals surface area contributed by atoms with Gasteiger partial charge in [0.2, 0.25) is 5.91 Å². The number of hydrogen-bond donors (Lipinski definition) is 2. The first-order valence-corrected chi connectivity index (χ1v) is 8.42. The van der Waals surface area contributed by atoms with Crippen LogP contribution < -0.4 is 11.1 Å². The lowest BCUT2D eigenvalue weighted by molar-refractivity contribution is -0.125. The molecule has 2 atom stereocenters. The van der Waals surface area contributed by atoms with Gasteiger partial charge in [-0.3, -0.25) is 9.59 Å². The molecule has 0 unspecified atom stereocenters. The molecule has 1 fully saturated rings. The van der Waals surface area contributed by atoms with E-state index in [1.807, 2.05) is 38.2 Å². The van der Waals surface area contributed by atoms with Crippen LogP contribution in [0.4, 0.5) is 0 Å². The van der Waals surface area contributed by atoms with Gasteiger partial charge in [0, 0.05) is 36.6 Å².